The normalized spacial score (nSPS) is 31.5. The Morgan fingerprint density at radius 3 is 2.18 bits per heavy atom. The Morgan fingerprint density at radius 2 is 1.49 bits per heavy atom. The van der Waals surface area contributed by atoms with E-state index in [2.05, 4.69) is 6.08 Å². The fourth-order valence-electron chi connectivity index (χ4n) is 5.94. The molecular weight excluding hydrogens is 672 g/mol. The Hall–Kier alpha value is -2.77. The van der Waals surface area contributed by atoms with Gasteiger partial charge in [-0.3, -0.25) is 0 Å². The topological polar surface area (TPSA) is 238 Å². The monoisotopic (exact) mass is 724 g/mol. The van der Waals surface area contributed by atoms with Gasteiger partial charge in [0.05, 0.1) is 24.9 Å². The maximum Gasteiger partial charge on any atom is 0.336 e. The quantitative estimate of drug-likeness (QED) is 0.0864. The lowest BCUT2D eigenvalue weighted by Gasteiger charge is -2.46. The van der Waals surface area contributed by atoms with E-state index in [9.17, 15) is 45.6 Å². The number of allylic oxidation sites excluding steroid dienone is 3. The van der Waals surface area contributed by atoms with Crippen LogP contribution < -0.4 is 10.4 Å². The van der Waals surface area contributed by atoms with E-state index in [1.165, 1.54) is 6.07 Å². The lowest BCUT2D eigenvalue weighted by molar-refractivity contribution is -0.366. The smallest absolute Gasteiger partial charge is 0.336 e. The van der Waals surface area contributed by atoms with E-state index in [0.717, 1.165) is 29.4 Å². The highest BCUT2D eigenvalue weighted by Gasteiger charge is 2.51. The predicted octanol–water partition coefficient (Wildman–Crippen LogP) is 0.405. The molecule has 15 heteroatoms. The largest absolute Gasteiger partial charge is 0.489 e. The van der Waals surface area contributed by atoms with Crippen LogP contribution >= 0.6 is 0 Å². The molecule has 3 heterocycles. The van der Waals surface area contributed by atoms with Crippen LogP contribution in [0.25, 0.3) is 11.0 Å². The van der Waals surface area contributed by atoms with Gasteiger partial charge >= 0.3 is 5.63 Å². The van der Waals surface area contributed by atoms with Crippen molar-refractivity contribution in [3.8, 4) is 5.75 Å². The van der Waals surface area contributed by atoms with Crippen LogP contribution in [0.1, 0.15) is 53.4 Å². The van der Waals surface area contributed by atoms with Gasteiger partial charge in [0.2, 0.25) is 0 Å². The molecule has 4 rings (SSSR count). The third-order valence-corrected chi connectivity index (χ3v) is 9.16. The second-order valence-electron chi connectivity index (χ2n) is 13.7. The molecule has 2 aliphatic rings. The van der Waals surface area contributed by atoms with Crippen LogP contribution in [-0.2, 0) is 18.9 Å². The van der Waals surface area contributed by atoms with Crippen molar-refractivity contribution in [1.82, 2.24) is 0 Å². The van der Waals surface area contributed by atoms with Crippen LogP contribution in [0.5, 0.6) is 5.75 Å². The van der Waals surface area contributed by atoms with Crippen LogP contribution in [0.3, 0.4) is 0 Å². The van der Waals surface area contributed by atoms with E-state index in [0.29, 0.717) is 30.8 Å². The van der Waals surface area contributed by atoms with E-state index in [1.807, 2.05) is 32.1 Å². The van der Waals surface area contributed by atoms with E-state index >= 15 is 0 Å². The van der Waals surface area contributed by atoms with E-state index in [-0.39, 0.29) is 0 Å². The van der Waals surface area contributed by atoms with Crippen molar-refractivity contribution >= 4 is 11.0 Å². The molecule has 2 fully saturated rings. The van der Waals surface area contributed by atoms with Gasteiger partial charge in [-0.1, -0.05) is 17.2 Å². The first kappa shape index (κ1) is 41.0. The fraction of sp³-hybridized carbons (Fsp3) is 0.639. The molecule has 51 heavy (non-hydrogen) atoms. The molecule has 0 saturated carbocycles. The van der Waals surface area contributed by atoms with Crippen LogP contribution in [-0.4, -0.2) is 134 Å². The van der Waals surface area contributed by atoms with Crippen molar-refractivity contribution in [3.63, 3.8) is 0 Å². The maximum atomic E-state index is 11.5. The van der Waals surface area contributed by atoms with Gasteiger partial charge in [-0.05, 0) is 77.7 Å². The van der Waals surface area contributed by atoms with E-state index in [4.69, 9.17) is 28.1 Å². The molecule has 0 bridgehead atoms. The maximum absolute atomic E-state index is 11.5. The standard InChI is InChI=1S/C36H52O15/c1-19(6-5-7-20(2)14-15-46-22-11-9-21-10-13-27(39)47-23(21)16-22)8-12-26(36(3,4)45)50-34-32(44)30(42)33(25(18-38)49-34)51-35-31(43)29(41)28(40)24(17-37)48-35/h6,9-11,13-14,16,24-26,28-35,37-38,40-45H,5,7-8,12,15,17-18H2,1-4H3. The summed E-state index contributed by atoms with van der Waals surface area (Å²) in [6, 6.07) is 8.39. The summed E-state index contributed by atoms with van der Waals surface area (Å²) < 4.78 is 33.7. The summed E-state index contributed by atoms with van der Waals surface area (Å²) in [7, 11) is 0. The lowest BCUT2D eigenvalue weighted by atomic mass is 9.94. The van der Waals surface area contributed by atoms with Crippen LogP contribution in [0, 0.1) is 0 Å². The molecule has 8 N–H and O–H groups in total. The molecule has 11 unspecified atom stereocenters. The minimum atomic E-state index is -1.78. The summed E-state index contributed by atoms with van der Waals surface area (Å²) in [5.74, 6) is 0.592. The van der Waals surface area contributed by atoms with Gasteiger partial charge in [0, 0.05) is 17.5 Å². The Kier molecular flexibility index (Phi) is 14.7. The lowest BCUT2D eigenvalue weighted by Crippen LogP contribution is -2.65. The summed E-state index contributed by atoms with van der Waals surface area (Å²) >= 11 is 0. The number of hydrogen-bond donors (Lipinski definition) is 8. The van der Waals surface area contributed by atoms with Gasteiger partial charge in [0.15, 0.2) is 12.6 Å². The molecule has 1 aromatic carbocycles. The number of aliphatic hydroxyl groups excluding tert-OH is 7. The first-order valence-corrected chi connectivity index (χ1v) is 17.1. The highest BCUT2D eigenvalue weighted by atomic mass is 16.7. The average Bonchev–Trinajstić information content (AvgIpc) is 3.08. The van der Waals surface area contributed by atoms with Crippen molar-refractivity contribution in [1.29, 1.82) is 0 Å². The molecule has 1 aromatic heterocycles. The zero-order valence-corrected chi connectivity index (χ0v) is 29.3. The molecule has 0 spiro atoms. The second kappa shape index (κ2) is 18.3. The molecule has 0 amide bonds. The van der Waals surface area contributed by atoms with Crippen molar-refractivity contribution in [3.05, 3.63) is 64.1 Å². The summed E-state index contributed by atoms with van der Waals surface area (Å²) in [6.07, 6.45) is -10.1. The molecule has 2 aliphatic heterocycles. The van der Waals surface area contributed by atoms with Crippen LogP contribution in [0.2, 0.25) is 0 Å². The van der Waals surface area contributed by atoms with Gasteiger partial charge in [-0.15, -0.1) is 0 Å². The van der Waals surface area contributed by atoms with Gasteiger partial charge in [0.25, 0.3) is 0 Å². The van der Waals surface area contributed by atoms with Gasteiger partial charge < -0.3 is 69.0 Å². The third kappa shape index (κ3) is 10.9. The van der Waals surface area contributed by atoms with E-state index in [1.54, 1.807) is 26.0 Å². The van der Waals surface area contributed by atoms with E-state index < -0.39 is 92.0 Å². The molecular formula is C36H52O15. The zero-order valence-electron chi connectivity index (χ0n) is 29.3. The molecule has 0 aliphatic carbocycles. The van der Waals surface area contributed by atoms with Crippen molar-refractivity contribution in [2.45, 2.75) is 126 Å². The first-order chi connectivity index (χ1) is 24.1. The molecule has 0 radical (unpaired) electrons. The molecule has 15 nitrogen and oxygen atoms in total. The fourth-order valence-corrected chi connectivity index (χ4v) is 5.94. The predicted molar refractivity (Wildman–Crippen MR) is 182 cm³/mol. The second-order valence-corrected chi connectivity index (χ2v) is 13.7. The minimum Gasteiger partial charge on any atom is -0.489 e. The third-order valence-electron chi connectivity index (χ3n) is 9.16. The number of fused-ring (bicyclic) bond motifs is 1. The molecule has 286 valence electrons. The Labute approximate surface area is 295 Å². The zero-order chi connectivity index (χ0) is 37.5. The van der Waals surface area contributed by atoms with Crippen molar-refractivity contribution in [2.24, 2.45) is 0 Å². The summed E-state index contributed by atoms with van der Waals surface area (Å²) in [5.41, 5.74) is 0.817. The molecule has 2 saturated heterocycles. The summed E-state index contributed by atoms with van der Waals surface area (Å²) in [6.45, 7) is 6.00. The minimum absolute atomic E-state index is 0.331. The van der Waals surface area contributed by atoms with Crippen LogP contribution in [0.15, 0.2) is 62.8 Å². The van der Waals surface area contributed by atoms with Gasteiger partial charge in [-0.2, -0.15) is 0 Å². The van der Waals surface area contributed by atoms with Gasteiger partial charge in [0.1, 0.15) is 66.8 Å². The number of hydrogen-bond acceptors (Lipinski definition) is 15. The average molecular weight is 725 g/mol. The van der Waals surface area contributed by atoms with Crippen molar-refractivity contribution < 1.29 is 69.0 Å². The number of benzene rings is 1. The Bertz CT molecular complexity index is 1510. The number of ether oxygens (including phenoxy) is 5. The van der Waals surface area contributed by atoms with Crippen LogP contribution in [0.4, 0.5) is 0 Å². The Balaban J connectivity index is 1.27. The first-order valence-electron chi connectivity index (χ1n) is 17.1. The Morgan fingerprint density at radius 1 is 0.843 bits per heavy atom. The molecule has 2 aromatic rings. The summed E-state index contributed by atoms with van der Waals surface area (Å²) in [5, 5.41) is 83.6. The number of rotatable bonds is 16. The SMILES string of the molecule is CC(=CCOc1ccc2ccc(=O)oc2c1)CCC=C(C)CCC(OC1OC(CO)C(OC2OC(CO)C(O)C(O)C2O)C(O)C1O)C(C)(C)O. The van der Waals surface area contributed by atoms with Crippen molar-refractivity contribution in [2.75, 3.05) is 19.8 Å². The molecule has 11 atom stereocenters. The van der Waals surface area contributed by atoms with Gasteiger partial charge in [-0.25, -0.2) is 4.79 Å². The number of aliphatic hydroxyl groups is 8. The highest BCUT2D eigenvalue weighted by molar-refractivity contribution is 5.77. The summed E-state index contributed by atoms with van der Waals surface area (Å²) in [4.78, 5) is 11.5. The highest BCUT2D eigenvalue weighted by Crippen LogP contribution is 2.32.